The van der Waals surface area contributed by atoms with Crippen LogP contribution in [0.1, 0.15) is 15.9 Å². The average Bonchev–Trinajstić information content (AvgIpc) is 3.61. The molecule has 6 aromatic rings. The van der Waals surface area contributed by atoms with E-state index in [4.69, 9.17) is 4.42 Å². The quantitative estimate of drug-likeness (QED) is 0.171. The molecule has 0 saturated carbocycles. The number of carbonyl (C=O) groups is 1. The molecular weight excluding hydrogens is 470 g/mol. The maximum absolute atomic E-state index is 12.8. The number of hydrogen-bond donors (Lipinski definition) is 1. The molecule has 0 amide bonds. The minimum atomic E-state index is -0.463. The van der Waals surface area contributed by atoms with Gasteiger partial charge in [-0.25, -0.2) is 4.98 Å². The Balaban J connectivity index is 1.23. The fourth-order valence-corrected chi connectivity index (χ4v) is 4.00. The van der Waals surface area contributed by atoms with Gasteiger partial charge in [0.25, 0.3) is 5.69 Å². The minimum Gasteiger partial charge on any atom is -0.416 e. The monoisotopic (exact) mass is 487 g/mol. The van der Waals surface area contributed by atoms with Gasteiger partial charge >= 0.3 is 0 Å². The number of nitrogens with zero attached hydrogens (tertiary/aromatic N) is 4. The number of nitro groups is 1. The van der Waals surface area contributed by atoms with Gasteiger partial charge in [0.1, 0.15) is 5.82 Å². The SMILES string of the molecule is O=C(c1ccccc1)c1ccc2nc(-c3ccc(-c4nnc(-c5ccc([N+](=O)[O-])cc5)o4)cc3)[nH]c2c1. The molecule has 178 valence electrons. The second kappa shape index (κ2) is 8.97. The number of nitro benzene ring substituents is 1. The summed E-state index contributed by atoms with van der Waals surface area (Å²) in [5, 5.41) is 19.0. The first-order chi connectivity index (χ1) is 18.0. The molecule has 9 heteroatoms. The van der Waals surface area contributed by atoms with Crippen molar-refractivity contribution in [3.05, 3.63) is 118 Å². The largest absolute Gasteiger partial charge is 0.416 e. The van der Waals surface area contributed by atoms with E-state index in [2.05, 4.69) is 20.2 Å². The molecule has 0 fully saturated rings. The molecule has 0 aliphatic carbocycles. The van der Waals surface area contributed by atoms with E-state index < -0.39 is 4.92 Å². The number of hydrogen-bond acceptors (Lipinski definition) is 7. The molecule has 0 aliphatic heterocycles. The van der Waals surface area contributed by atoms with Crippen LogP contribution >= 0.6 is 0 Å². The zero-order valence-electron chi connectivity index (χ0n) is 19.2. The first kappa shape index (κ1) is 22.1. The number of rotatable bonds is 6. The topological polar surface area (TPSA) is 128 Å². The molecule has 0 radical (unpaired) electrons. The van der Waals surface area contributed by atoms with Crippen LogP contribution in [0.5, 0.6) is 0 Å². The van der Waals surface area contributed by atoms with Crippen LogP contribution in [-0.2, 0) is 0 Å². The Morgan fingerprint density at radius 2 is 1.38 bits per heavy atom. The smallest absolute Gasteiger partial charge is 0.269 e. The maximum atomic E-state index is 12.8. The summed E-state index contributed by atoms with van der Waals surface area (Å²) in [5.74, 6) is 1.22. The van der Waals surface area contributed by atoms with Crippen LogP contribution in [0.2, 0.25) is 0 Å². The number of aromatic nitrogens is 4. The van der Waals surface area contributed by atoms with Gasteiger partial charge in [-0.1, -0.05) is 42.5 Å². The van der Waals surface area contributed by atoms with Gasteiger partial charge < -0.3 is 9.40 Å². The summed E-state index contributed by atoms with van der Waals surface area (Å²) < 4.78 is 5.77. The normalized spacial score (nSPS) is 11.0. The Morgan fingerprint density at radius 1 is 0.757 bits per heavy atom. The molecule has 0 atom stereocenters. The molecule has 0 unspecified atom stereocenters. The molecule has 9 nitrogen and oxygen atoms in total. The van der Waals surface area contributed by atoms with E-state index in [0.29, 0.717) is 28.4 Å². The lowest BCUT2D eigenvalue weighted by molar-refractivity contribution is -0.384. The average molecular weight is 487 g/mol. The molecule has 0 spiro atoms. The zero-order valence-corrected chi connectivity index (χ0v) is 19.2. The highest BCUT2D eigenvalue weighted by Gasteiger charge is 2.14. The predicted molar refractivity (Wildman–Crippen MR) is 137 cm³/mol. The van der Waals surface area contributed by atoms with Gasteiger partial charge in [-0.2, -0.15) is 0 Å². The third kappa shape index (κ3) is 4.25. The number of carbonyl (C=O) groups excluding carboxylic acids is 1. The van der Waals surface area contributed by atoms with Crippen molar-refractivity contribution in [1.82, 2.24) is 20.2 Å². The molecule has 2 heterocycles. The second-order valence-electron chi connectivity index (χ2n) is 8.31. The fourth-order valence-electron chi connectivity index (χ4n) is 4.00. The molecule has 4 aromatic carbocycles. The number of imidazole rings is 1. The molecule has 1 N–H and O–H groups in total. The van der Waals surface area contributed by atoms with E-state index in [1.165, 1.54) is 12.1 Å². The summed E-state index contributed by atoms with van der Waals surface area (Å²) in [7, 11) is 0. The van der Waals surface area contributed by atoms with Crippen molar-refractivity contribution in [2.45, 2.75) is 0 Å². The lowest BCUT2D eigenvalue weighted by atomic mass is 10.0. The second-order valence-corrected chi connectivity index (χ2v) is 8.31. The Kier molecular flexibility index (Phi) is 5.35. The third-order valence-corrected chi connectivity index (χ3v) is 5.94. The van der Waals surface area contributed by atoms with Gasteiger partial charge in [0.15, 0.2) is 5.78 Å². The highest BCUT2D eigenvalue weighted by atomic mass is 16.6. The summed E-state index contributed by atoms with van der Waals surface area (Å²) in [6.45, 7) is 0. The van der Waals surface area contributed by atoms with E-state index >= 15 is 0 Å². The van der Waals surface area contributed by atoms with Gasteiger partial charge in [-0.05, 0) is 42.5 Å². The van der Waals surface area contributed by atoms with Crippen LogP contribution in [0.3, 0.4) is 0 Å². The summed E-state index contributed by atoms with van der Waals surface area (Å²) in [6.07, 6.45) is 0. The van der Waals surface area contributed by atoms with Gasteiger partial charge in [-0.15, -0.1) is 10.2 Å². The Bertz CT molecular complexity index is 1750. The number of H-pyrrole nitrogens is 1. The summed E-state index contributed by atoms with van der Waals surface area (Å²) in [4.78, 5) is 31.1. The van der Waals surface area contributed by atoms with Crippen molar-refractivity contribution in [2.24, 2.45) is 0 Å². The van der Waals surface area contributed by atoms with Gasteiger partial charge in [0.2, 0.25) is 11.8 Å². The Labute approximate surface area is 209 Å². The molecule has 0 saturated heterocycles. The molecule has 37 heavy (non-hydrogen) atoms. The third-order valence-electron chi connectivity index (χ3n) is 5.94. The van der Waals surface area contributed by atoms with Crippen LogP contribution in [0.4, 0.5) is 5.69 Å². The van der Waals surface area contributed by atoms with Crippen LogP contribution in [0.25, 0.3) is 45.3 Å². The number of fused-ring (bicyclic) bond motifs is 1. The molecule has 6 rings (SSSR count). The van der Waals surface area contributed by atoms with E-state index in [1.807, 2.05) is 54.6 Å². The van der Waals surface area contributed by atoms with Gasteiger partial charge in [0, 0.05) is 39.9 Å². The maximum Gasteiger partial charge on any atom is 0.269 e. The molecule has 2 aromatic heterocycles. The van der Waals surface area contributed by atoms with Crippen molar-refractivity contribution in [3.63, 3.8) is 0 Å². The molecule has 0 bridgehead atoms. The van der Waals surface area contributed by atoms with Gasteiger partial charge in [0.05, 0.1) is 16.0 Å². The first-order valence-electron chi connectivity index (χ1n) is 11.3. The number of benzene rings is 4. The minimum absolute atomic E-state index is 0.0105. The lowest BCUT2D eigenvalue weighted by Crippen LogP contribution is -2.00. The van der Waals surface area contributed by atoms with Crippen LogP contribution in [-0.4, -0.2) is 30.9 Å². The van der Waals surface area contributed by atoms with E-state index in [9.17, 15) is 14.9 Å². The van der Waals surface area contributed by atoms with Crippen molar-refractivity contribution in [1.29, 1.82) is 0 Å². The van der Waals surface area contributed by atoms with Gasteiger partial charge in [-0.3, -0.25) is 14.9 Å². The summed E-state index contributed by atoms with van der Waals surface area (Å²) in [5.41, 5.74) is 4.90. The Hall–Kier alpha value is -5.44. The highest BCUT2D eigenvalue weighted by molar-refractivity contribution is 6.10. The Morgan fingerprint density at radius 3 is 2.03 bits per heavy atom. The van der Waals surface area contributed by atoms with E-state index in [-0.39, 0.29) is 17.4 Å². The number of nitrogens with one attached hydrogen (secondary N) is 1. The highest BCUT2D eigenvalue weighted by Crippen LogP contribution is 2.28. The first-order valence-corrected chi connectivity index (χ1v) is 11.3. The lowest BCUT2D eigenvalue weighted by Gasteiger charge is -2.00. The standard InChI is InChI=1S/C28H17N5O4/c34-25(17-4-2-1-3-5-17)21-12-15-23-24(16-21)30-26(29-23)18-6-8-19(9-7-18)27-31-32-28(37-27)20-10-13-22(14-11-20)33(35)36/h1-16H,(H,29,30). The number of non-ortho nitro benzene ring substituents is 1. The van der Waals surface area contributed by atoms with Crippen LogP contribution < -0.4 is 0 Å². The number of aromatic amines is 1. The van der Waals surface area contributed by atoms with Crippen molar-refractivity contribution in [2.75, 3.05) is 0 Å². The number of ketones is 1. The van der Waals surface area contributed by atoms with Crippen LogP contribution in [0.15, 0.2) is 101 Å². The van der Waals surface area contributed by atoms with Crippen molar-refractivity contribution >= 4 is 22.5 Å². The molecular formula is C28H17N5O4. The fraction of sp³-hybridized carbons (Fsp3) is 0. The molecule has 0 aliphatic rings. The van der Waals surface area contributed by atoms with Crippen molar-refractivity contribution < 1.29 is 14.1 Å². The zero-order chi connectivity index (χ0) is 25.4. The van der Waals surface area contributed by atoms with Crippen LogP contribution in [0, 0.1) is 10.1 Å². The summed E-state index contributed by atoms with van der Waals surface area (Å²) in [6, 6.07) is 28.0. The predicted octanol–water partition coefficient (Wildman–Crippen LogP) is 6.09. The summed E-state index contributed by atoms with van der Waals surface area (Å²) >= 11 is 0. The van der Waals surface area contributed by atoms with E-state index in [1.54, 1.807) is 30.3 Å². The van der Waals surface area contributed by atoms with Crippen molar-refractivity contribution in [3.8, 4) is 34.3 Å². The van der Waals surface area contributed by atoms with E-state index in [0.717, 1.165) is 22.2 Å².